The fraction of sp³-hybridized carbons (Fsp3) is 0.765. The average molecular weight is 305 g/mol. The Morgan fingerprint density at radius 2 is 2.18 bits per heavy atom. The van der Waals surface area contributed by atoms with Crippen LogP contribution in [-0.4, -0.2) is 47.7 Å². The van der Waals surface area contributed by atoms with E-state index in [1.54, 1.807) is 6.92 Å². The van der Waals surface area contributed by atoms with E-state index >= 15 is 0 Å². The zero-order valence-corrected chi connectivity index (χ0v) is 13.0. The number of rotatable bonds is 3. The van der Waals surface area contributed by atoms with Crippen molar-refractivity contribution in [2.24, 2.45) is 11.8 Å². The Balaban J connectivity index is 1.60. The predicted octanol–water partition coefficient (Wildman–Crippen LogP) is 1.66. The van der Waals surface area contributed by atoms with Crippen LogP contribution in [0.1, 0.15) is 39.0 Å². The van der Waals surface area contributed by atoms with E-state index < -0.39 is 11.5 Å². The first-order valence-electron chi connectivity index (χ1n) is 8.50. The molecule has 1 spiro atoms. The number of ether oxygens (including phenoxy) is 2. The molecule has 0 unspecified atom stereocenters. The van der Waals surface area contributed by atoms with Gasteiger partial charge in [-0.05, 0) is 19.8 Å². The summed E-state index contributed by atoms with van der Waals surface area (Å²) < 4.78 is 11.3. The molecule has 0 N–H and O–H groups in total. The van der Waals surface area contributed by atoms with Crippen molar-refractivity contribution in [1.29, 1.82) is 0 Å². The summed E-state index contributed by atoms with van der Waals surface area (Å²) in [5, 5.41) is 0. The summed E-state index contributed by atoms with van der Waals surface area (Å²) in [4.78, 5) is 27.3. The molecule has 5 heteroatoms. The van der Waals surface area contributed by atoms with Crippen LogP contribution in [0.4, 0.5) is 0 Å². The summed E-state index contributed by atoms with van der Waals surface area (Å²) in [5.74, 6) is -1.05. The van der Waals surface area contributed by atoms with Gasteiger partial charge in [0, 0.05) is 6.04 Å². The highest BCUT2D eigenvalue weighted by molar-refractivity contribution is 5.91. The SMILES string of the molecule is CCOC(=O)[C@H]1[C@H]2C(=O)N(C3CCCCC3)C[C@@]23C=C[C@H]1O3. The summed E-state index contributed by atoms with van der Waals surface area (Å²) in [7, 11) is 0. The quantitative estimate of drug-likeness (QED) is 0.588. The molecule has 4 rings (SSSR count). The number of hydrogen-bond acceptors (Lipinski definition) is 4. The van der Waals surface area contributed by atoms with Crippen molar-refractivity contribution in [3.63, 3.8) is 0 Å². The fourth-order valence-corrected chi connectivity index (χ4v) is 4.74. The third kappa shape index (κ3) is 1.87. The van der Waals surface area contributed by atoms with Gasteiger partial charge >= 0.3 is 5.97 Å². The van der Waals surface area contributed by atoms with Gasteiger partial charge in [0.1, 0.15) is 11.5 Å². The van der Waals surface area contributed by atoms with E-state index in [9.17, 15) is 9.59 Å². The molecule has 4 aliphatic rings. The van der Waals surface area contributed by atoms with Gasteiger partial charge in [-0.2, -0.15) is 0 Å². The maximum Gasteiger partial charge on any atom is 0.312 e. The number of amides is 1. The van der Waals surface area contributed by atoms with Gasteiger partial charge in [-0.15, -0.1) is 0 Å². The van der Waals surface area contributed by atoms with Crippen molar-refractivity contribution in [2.75, 3.05) is 13.2 Å². The second-order valence-corrected chi connectivity index (χ2v) is 6.91. The Hall–Kier alpha value is -1.36. The first-order valence-corrected chi connectivity index (χ1v) is 8.50. The Kier molecular flexibility index (Phi) is 3.29. The summed E-state index contributed by atoms with van der Waals surface area (Å²) >= 11 is 0. The maximum absolute atomic E-state index is 13.0. The first kappa shape index (κ1) is 14.2. The van der Waals surface area contributed by atoms with Gasteiger partial charge in [-0.1, -0.05) is 31.4 Å². The Bertz CT molecular complexity index is 525. The van der Waals surface area contributed by atoms with Crippen LogP contribution in [-0.2, 0) is 19.1 Å². The lowest BCUT2D eigenvalue weighted by Gasteiger charge is -2.32. The third-order valence-corrected chi connectivity index (χ3v) is 5.70. The molecule has 4 atom stereocenters. The lowest BCUT2D eigenvalue weighted by Crippen LogP contribution is -2.42. The van der Waals surface area contributed by atoms with Crippen molar-refractivity contribution in [2.45, 2.75) is 56.8 Å². The molecular formula is C17H23NO4. The second-order valence-electron chi connectivity index (χ2n) is 6.91. The highest BCUT2D eigenvalue weighted by atomic mass is 16.6. The normalized spacial score (nSPS) is 40.3. The van der Waals surface area contributed by atoms with Crippen LogP contribution in [0.15, 0.2) is 12.2 Å². The van der Waals surface area contributed by atoms with Crippen LogP contribution in [0.5, 0.6) is 0 Å². The van der Waals surface area contributed by atoms with Gasteiger partial charge in [0.15, 0.2) is 0 Å². The number of likely N-dealkylation sites (tertiary alicyclic amines) is 1. The van der Waals surface area contributed by atoms with Crippen molar-refractivity contribution >= 4 is 11.9 Å². The summed E-state index contributed by atoms with van der Waals surface area (Å²) in [6.45, 7) is 2.73. The highest BCUT2D eigenvalue weighted by Gasteiger charge is 2.67. The van der Waals surface area contributed by atoms with Gasteiger partial charge < -0.3 is 14.4 Å². The molecule has 2 bridgehead atoms. The van der Waals surface area contributed by atoms with E-state index in [1.165, 1.54) is 19.3 Å². The van der Waals surface area contributed by atoms with Gasteiger partial charge in [0.05, 0.1) is 25.2 Å². The van der Waals surface area contributed by atoms with Crippen LogP contribution in [0.25, 0.3) is 0 Å². The molecule has 1 saturated carbocycles. The van der Waals surface area contributed by atoms with Crippen LogP contribution < -0.4 is 0 Å². The molecule has 0 aromatic heterocycles. The van der Waals surface area contributed by atoms with Crippen LogP contribution in [0.3, 0.4) is 0 Å². The van der Waals surface area contributed by atoms with E-state index in [0.29, 0.717) is 19.2 Å². The molecule has 1 aliphatic carbocycles. The first-order chi connectivity index (χ1) is 10.7. The zero-order valence-electron chi connectivity index (χ0n) is 13.0. The minimum Gasteiger partial charge on any atom is -0.466 e. The highest BCUT2D eigenvalue weighted by Crippen LogP contribution is 2.53. The van der Waals surface area contributed by atoms with Gasteiger partial charge in [0.25, 0.3) is 0 Å². The molecule has 22 heavy (non-hydrogen) atoms. The molecule has 2 saturated heterocycles. The summed E-state index contributed by atoms with van der Waals surface area (Å²) in [5.41, 5.74) is -0.587. The molecule has 1 amide bonds. The molecule has 120 valence electrons. The zero-order chi connectivity index (χ0) is 15.3. The van der Waals surface area contributed by atoms with Gasteiger partial charge in [0.2, 0.25) is 5.91 Å². The van der Waals surface area contributed by atoms with Crippen LogP contribution in [0.2, 0.25) is 0 Å². The van der Waals surface area contributed by atoms with Crippen molar-refractivity contribution in [3.05, 3.63) is 12.2 Å². The lowest BCUT2D eigenvalue weighted by molar-refractivity contribution is -0.153. The molecule has 0 aromatic rings. The predicted molar refractivity (Wildman–Crippen MR) is 78.9 cm³/mol. The average Bonchev–Trinajstić information content (AvgIpc) is 3.17. The topological polar surface area (TPSA) is 55.8 Å². The minimum atomic E-state index is -0.587. The fourth-order valence-electron chi connectivity index (χ4n) is 4.74. The maximum atomic E-state index is 13.0. The van der Waals surface area contributed by atoms with E-state index in [4.69, 9.17) is 9.47 Å². The molecular weight excluding hydrogens is 282 g/mol. The molecule has 0 aromatic carbocycles. The van der Waals surface area contributed by atoms with E-state index in [1.807, 2.05) is 17.1 Å². The lowest BCUT2D eigenvalue weighted by atomic mass is 9.77. The molecule has 5 nitrogen and oxygen atoms in total. The Labute approximate surface area is 130 Å². The standard InChI is InChI=1S/C17H23NO4/c1-2-21-16(20)13-12-8-9-17(22-12)10-18(15(19)14(13)17)11-6-4-3-5-7-11/h8-9,11-14H,2-7,10H2,1H3/t12-,13-,14+,17+/m1/s1. The number of carbonyl (C=O) groups excluding carboxylic acids is 2. The summed E-state index contributed by atoms with van der Waals surface area (Å²) in [6.07, 6.45) is 9.45. The van der Waals surface area contributed by atoms with Gasteiger partial charge in [-0.25, -0.2) is 0 Å². The van der Waals surface area contributed by atoms with E-state index in [-0.39, 0.29) is 23.9 Å². The summed E-state index contributed by atoms with van der Waals surface area (Å²) in [6, 6.07) is 0.320. The number of esters is 1. The second kappa shape index (κ2) is 5.08. The molecule has 3 aliphatic heterocycles. The molecule has 0 radical (unpaired) electrons. The third-order valence-electron chi connectivity index (χ3n) is 5.70. The number of hydrogen-bond donors (Lipinski definition) is 0. The smallest absolute Gasteiger partial charge is 0.312 e. The minimum absolute atomic E-state index is 0.0943. The Morgan fingerprint density at radius 1 is 1.41 bits per heavy atom. The van der Waals surface area contributed by atoms with Gasteiger partial charge in [-0.3, -0.25) is 9.59 Å². The molecule has 3 heterocycles. The van der Waals surface area contributed by atoms with Crippen LogP contribution >= 0.6 is 0 Å². The van der Waals surface area contributed by atoms with E-state index in [0.717, 1.165) is 12.8 Å². The van der Waals surface area contributed by atoms with Crippen LogP contribution in [0, 0.1) is 11.8 Å². The largest absolute Gasteiger partial charge is 0.466 e. The molecule has 3 fully saturated rings. The van der Waals surface area contributed by atoms with E-state index in [2.05, 4.69) is 0 Å². The van der Waals surface area contributed by atoms with Crippen molar-refractivity contribution in [3.8, 4) is 0 Å². The number of carbonyl (C=O) groups is 2. The Morgan fingerprint density at radius 3 is 2.91 bits per heavy atom. The van der Waals surface area contributed by atoms with Crippen molar-refractivity contribution < 1.29 is 19.1 Å². The van der Waals surface area contributed by atoms with Crippen molar-refractivity contribution in [1.82, 2.24) is 4.90 Å². The monoisotopic (exact) mass is 305 g/mol. The number of fused-ring (bicyclic) bond motifs is 1. The number of nitrogens with zero attached hydrogens (tertiary/aromatic N) is 1.